The van der Waals surface area contributed by atoms with Crippen molar-refractivity contribution >= 4 is 40.4 Å². The van der Waals surface area contributed by atoms with Gasteiger partial charge in [-0.2, -0.15) is 0 Å². The minimum absolute atomic E-state index is 0.238. The van der Waals surface area contributed by atoms with Gasteiger partial charge in [-0.1, -0.05) is 41.4 Å². The van der Waals surface area contributed by atoms with Gasteiger partial charge in [0.25, 0.3) is 0 Å². The van der Waals surface area contributed by atoms with Gasteiger partial charge >= 0.3 is 0 Å². The Morgan fingerprint density at radius 1 is 1.40 bits per heavy atom. The molecule has 0 fully saturated rings. The zero-order valence-electron chi connectivity index (χ0n) is 7.82. The predicted molar refractivity (Wildman–Crippen MR) is 65.8 cm³/mol. The molecular weight excluding hydrogens is 255 g/mol. The third-order valence-electron chi connectivity index (χ3n) is 1.72. The van der Waals surface area contributed by atoms with Crippen molar-refractivity contribution in [3.63, 3.8) is 0 Å². The average Bonchev–Trinajstić information content (AvgIpc) is 2.14. The molecule has 0 aromatic heterocycles. The highest BCUT2D eigenvalue weighted by Crippen LogP contribution is 2.22. The van der Waals surface area contributed by atoms with Crippen LogP contribution in [0.3, 0.4) is 0 Å². The summed E-state index contributed by atoms with van der Waals surface area (Å²) in [6.07, 6.45) is 4.16. The SMILES string of the molecule is O=S(O)CCC=Cc1ccc(Cl)cc1Cl. The molecule has 0 aliphatic carbocycles. The molecule has 5 heteroatoms. The highest BCUT2D eigenvalue weighted by atomic mass is 35.5. The van der Waals surface area contributed by atoms with Crippen LogP contribution in [-0.2, 0) is 11.1 Å². The minimum atomic E-state index is -1.74. The van der Waals surface area contributed by atoms with Crippen molar-refractivity contribution in [2.75, 3.05) is 5.75 Å². The van der Waals surface area contributed by atoms with Crippen molar-refractivity contribution in [3.05, 3.63) is 39.9 Å². The fourth-order valence-corrected chi connectivity index (χ4v) is 1.83. The number of hydrogen-bond donors (Lipinski definition) is 1. The number of rotatable bonds is 4. The summed E-state index contributed by atoms with van der Waals surface area (Å²) in [5, 5.41) is 1.16. The van der Waals surface area contributed by atoms with E-state index >= 15 is 0 Å². The molecule has 0 saturated carbocycles. The van der Waals surface area contributed by atoms with E-state index in [-0.39, 0.29) is 5.75 Å². The number of allylic oxidation sites excluding steroid dienone is 1. The van der Waals surface area contributed by atoms with E-state index < -0.39 is 11.1 Å². The lowest BCUT2D eigenvalue weighted by Crippen LogP contribution is -1.91. The van der Waals surface area contributed by atoms with Crippen molar-refractivity contribution in [2.45, 2.75) is 6.42 Å². The fraction of sp³-hybridized carbons (Fsp3) is 0.200. The van der Waals surface area contributed by atoms with E-state index in [1.54, 1.807) is 18.2 Å². The molecule has 0 radical (unpaired) electrons. The van der Waals surface area contributed by atoms with Crippen LogP contribution in [-0.4, -0.2) is 14.5 Å². The molecule has 1 atom stereocenters. The van der Waals surface area contributed by atoms with Gasteiger partial charge < -0.3 is 4.55 Å². The van der Waals surface area contributed by atoms with Crippen LogP contribution in [0.4, 0.5) is 0 Å². The molecule has 0 bridgehead atoms. The van der Waals surface area contributed by atoms with E-state index in [1.165, 1.54) is 0 Å². The minimum Gasteiger partial charge on any atom is -0.306 e. The van der Waals surface area contributed by atoms with Gasteiger partial charge in [0.2, 0.25) is 0 Å². The van der Waals surface area contributed by atoms with Crippen molar-refractivity contribution in [2.24, 2.45) is 0 Å². The Kier molecular flexibility index (Phi) is 5.32. The van der Waals surface area contributed by atoms with Crippen LogP contribution >= 0.6 is 23.2 Å². The summed E-state index contributed by atoms with van der Waals surface area (Å²) < 4.78 is 18.9. The molecule has 82 valence electrons. The molecule has 1 aromatic carbocycles. The van der Waals surface area contributed by atoms with Crippen LogP contribution < -0.4 is 0 Å². The van der Waals surface area contributed by atoms with E-state index in [4.69, 9.17) is 27.8 Å². The molecule has 0 spiro atoms. The average molecular weight is 265 g/mol. The van der Waals surface area contributed by atoms with Crippen molar-refractivity contribution in [1.29, 1.82) is 0 Å². The molecule has 1 aromatic rings. The lowest BCUT2D eigenvalue weighted by atomic mass is 10.2. The quantitative estimate of drug-likeness (QED) is 0.844. The summed E-state index contributed by atoms with van der Waals surface area (Å²) >= 11 is 9.93. The van der Waals surface area contributed by atoms with Crippen LogP contribution in [0.2, 0.25) is 10.0 Å². The van der Waals surface area contributed by atoms with Crippen LogP contribution in [0.25, 0.3) is 6.08 Å². The van der Waals surface area contributed by atoms with E-state index in [1.807, 2.05) is 12.2 Å². The molecule has 0 heterocycles. The van der Waals surface area contributed by atoms with Crippen molar-refractivity contribution < 1.29 is 8.76 Å². The third-order valence-corrected chi connectivity index (χ3v) is 2.87. The smallest absolute Gasteiger partial charge is 0.153 e. The Morgan fingerprint density at radius 2 is 2.13 bits per heavy atom. The van der Waals surface area contributed by atoms with Gasteiger partial charge in [-0.05, 0) is 24.1 Å². The molecule has 0 aliphatic rings. The maximum atomic E-state index is 10.4. The van der Waals surface area contributed by atoms with Gasteiger partial charge in [0.1, 0.15) is 0 Å². The lowest BCUT2D eigenvalue weighted by molar-refractivity contribution is 0.564. The van der Waals surface area contributed by atoms with E-state index in [2.05, 4.69) is 0 Å². The molecule has 0 amide bonds. The largest absolute Gasteiger partial charge is 0.306 e. The fourth-order valence-electron chi connectivity index (χ4n) is 1.02. The van der Waals surface area contributed by atoms with E-state index in [9.17, 15) is 4.21 Å². The molecule has 0 aliphatic heterocycles. The summed E-state index contributed by atoms with van der Waals surface area (Å²) in [6.45, 7) is 0. The molecule has 1 N–H and O–H groups in total. The maximum Gasteiger partial charge on any atom is 0.153 e. The Labute approximate surface area is 101 Å². The highest BCUT2D eigenvalue weighted by molar-refractivity contribution is 7.79. The Morgan fingerprint density at radius 3 is 2.73 bits per heavy atom. The molecule has 2 nitrogen and oxygen atoms in total. The van der Waals surface area contributed by atoms with E-state index in [0.717, 1.165) is 5.56 Å². The second kappa shape index (κ2) is 6.28. The Hall–Kier alpha value is -0.350. The molecular formula is C10H10Cl2O2S. The maximum absolute atomic E-state index is 10.4. The van der Waals surface area contributed by atoms with Crippen LogP contribution in [0.1, 0.15) is 12.0 Å². The lowest BCUT2D eigenvalue weighted by Gasteiger charge is -1.98. The van der Waals surface area contributed by atoms with Crippen LogP contribution in [0.15, 0.2) is 24.3 Å². The van der Waals surface area contributed by atoms with Gasteiger partial charge in [-0.3, -0.25) is 0 Å². The second-order valence-corrected chi connectivity index (χ2v) is 4.78. The molecule has 15 heavy (non-hydrogen) atoms. The monoisotopic (exact) mass is 264 g/mol. The highest BCUT2D eigenvalue weighted by Gasteiger charge is 1.97. The number of hydrogen-bond acceptors (Lipinski definition) is 1. The van der Waals surface area contributed by atoms with Gasteiger partial charge in [-0.25, -0.2) is 4.21 Å². The zero-order chi connectivity index (χ0) is 11.3. The number of benzene rings is 1. The first-order valence-electron chi connectivity index (χ1n) is 4.28. The van der Waals surface area contributed by atoms with Crippen LogP contribution in [0, 0.1) is 0 Å². The van der Waals surface area contributed by atoms with E-state index in [0.29, 0.717) is 16.5 Å². The molecule has 1 unspecified atom stereocenters. The zero-order valence-corrected chi connectivity index (χ0v) is 10.1. The second-order valence-electron chi connectivity index (χ2n) is 2.88. The van der Waals surface area contributed by atoms with Gasteiger partial charge in [0, 0.05) is 10.0 Å². The summed E-state index contributed by atoms with van der Waals surface area (Å²) in [6, 6.07) is 5.21. The van der Waals surface area contributed by atoms with Gasteiger partial charge in [0.05, 0.1) is 5.75 Å². The first-order chi connectivity index (χ1) is 7.09. The molecule has 0 saturated heterocycles. The summed E-state index contributed by atoms with van der Waals surface area (Å²) in [7, 11) is 0. The first kappa shape index (κ1) is 12.7. The normalized spacial score (nSPS) is 13.3. The van der Waals surface area contributed by atoms with Gasteiger partial charge in [0.15, 0.2) is 11.1 Å². The summed E-state index contributed by atoms with van der Waals surface area (Å²) in [5.74, 6) is 0.238. The standard InChI is InChI=1S/C10H10Cl2O2S/c11-9-5-4-8(10(12)7-9)3-1-2-6-15(13)14/h1,3-5,7H,2,6H2,(H,13,14). The third kappa shape index (κ3) is 4.80. The Balaban J connectivity index is 2.60. The Bertz CT molecular complexity index is 391. The topological polar surface area (TPSA) is 37.3 Å². The van der Waals surface area contributed by atoms with Crippen molar-refractivity contribution in [3.8, 4) is 0 Å². The molecule has 1 rings (SSSR count). The summed E-state index contributed by atoms with van der Waals surface area (Å²) in [4.78, 5) is 0. The first-order valence-corrected chi connectivity index (χ1v) is 6.32. The van der Waals surface area contributed by atoms with Crippen molar-refractivity contribution in [1.82, 2.24) is 0 Å². The predicted octanol–water partition coefficient (Wildman–Crippen LogP) is 3.62. The van der Waals surface area contributed by atoms with Crippen LogP contribution in [0.5, 0.6) is 0 Å². The number of halogens is 2. The summed E-state index contributed by atoms with van der Waals surface area (Å²) in [5.41, 5.74) is 0.852. The van der Waals surface area contributed by atoms with Gasteiger partial charge in [-0.15, -0.1) is 0 Å².